The minimum absolute atomic E-state index is 0.0209. The normalized spacial score (nSPS) is 15.5. The van der Waals surface area contributed by atoms with Crippen molar-refractivity contribution in [3.05, 3.63) is 73.5 Å². The van der Waals surface area contributed by atoms with Gasteiger partial charge in [0, 0.05) is 23.5 Å². The number of aromatic amines is 1. The molecule has 1 aromatic carbocycles. The van der Waals surface area contributed by atoms with Gasteiger partial charge in [-0.1, -0.05) is 38.0 Å². The number of fused-ring (bicyclic) bond motifs is 1. The summed E-state index contributed by atoms with van der Waals surface area (Å²) in [6.07, 6.45) is 5.57. The predicted octanol–water partition coefficient (Wildman–Crippen LogP) is 5.46. The van der Waals surface area contributed by atoms with Crippen LogP contribution < -0.4 is 5.56 Å². The number of nitrogens with one attached hydrogen (secondary N) is 1. The third-order valence-corrected chi connectivity index (χ3v) is 8.12. The molecule has 3 heterocycles. The maximum atomic E-state index is 13.2. The zero-order chi connectivity index (χ0) is 23.7. The molecule has 3 aromatic heterocycles. The smallest absolute Gasteiger partial charge is 0.252 e. The first-order chi connectivity index (χ1) is 16.5. The number of nitrogens with zero attached hydrogens (tertiary/aromatic N) is 5. The van der Waals surface area contributed by atoms with E-state index >= 15 is 0 Å². The summed E-state index contributed by atoms with van der Waals surface area (Å²) in [6.45, 7) is 7.59. The topological polar surface area (TPSA) is 79.7 Å². The Labute approximate surface area is 203 Å². The first-order valence-electron chi connectivity index (χ1n) is 12.2. The fourth-order valence-electron chi connectivity index (χ4n) is 5.22. The van der Waals surface area contributed by atoms with E-state index in [4.69, 9.17) is 0 Å². The van der Waals surface area contributed by atoms with Crippen LogP contribution in [0.2, 0.25) is 0 Å². The van der Waals surface area contributed by atoms with Crippen LogP contribution in [0, 0.1) is 13.8 Å². The van der Waals surface area contributed by atoms with Crippen LogP contribution in [0.3, 0.4) is 0 Å². The highest BCUT2D eigenvalue weighted by Gasteiger charge is 2.30. The van der Waals surface area contributed by atoms with E-state index < -0.39 is 0 Å². The van der Waals surface area contributed by atoms with Gasteiger partial charge in [-0.05, 0) is 77.6 Å². The van der Waals surface area contributed by atoms with Crippen LogP contribution in [-0.4, -0.2) is 30.1 Å². The van der Waals surface area contributed by atoms with Crippen LogP contribution >= 0.6 is 11.3 Å². The highest BCUT2D eigenvalue weighted by molar-refractivity contribution is 7.09. The van der Waals surface area contributed by atoms with Gasteiger partial charge < -0.3 is 4.98 Å². The number of hydrogen-bond donors (Lipinski definition) is 1. The molecule has 1 unspecified atom stereocenters. The van der Waals surface area contributed by atoms with Crippen molar-refractivity contribution in [2.24, 2.45) is 0 Å². The Kier molecular flexibility index (Phi) is 6.61. The zero-order valence-electron chi connectivity index (χ0n) is 20.1. The van der Waals surface area contributed by atoms with Gasteiger partial charge in [0.2, 0.25) is 0 Å². The van der Waals surface area contributed by atoms with Gasteiger partial charge in [0.25, 0.3) is 5.56 Å². The molecule has 0 bridgehead atoms. The fraction of sp³-hybridized carbons (Fsp3) is 0.462. The van der Waals surface area contributed by atoms with Gasteiger partial charge in [0.15, 0.2) is 5.82 Å². The molecule has 1 saturated carbocycles. The Hall–Kier alpha value is -2.84. The van der Waals surface area contributed by atoms with Crippen LogP contribution in [0.5, 0.6) is 0 Å². The second kappa shape index (κ2) is 9.80. The van der Waals surface area contributed by atoms with Crippen molar-refractivity contribution in [3.8, 4) is 0 Å². The van der Waals surface area contributed by atoms with Crippen molar-refractivity contribution in [3.63, 3.8) is 0 Å². The SMILES string of the molecule is CCC(c1nnnn1C1CCCC1)N(Cc1cccs1)Cc1cc2ccc(C)c(C)c2[nH]c1=O. The molecule has 0 spiro atoms. The molecule has 1 N–H and O–H groups in total. The number of tetrazole rings is 1. The van der Waals surface area contributed by atoms with Gasteiger partial charge in [-0.25, -0.2) is 4.68 Å². The Balaban J connectivity index is 1.53. The summed E-state index contributed by atoms with van der Waals surface area (Å²) in [6, 6.07) is 10.9. The van der Waals surface area contributed by atoms with E-state index in [0.29, 0.717) is 12.6 Å². The van der Waals surface area contributed by atoms with Crippen molar-refractivity contribution >= 4 is 22.2 Å². The molecule has 8 heteroatoms. The number of aromatic nitrogens is 5. The lowest BCUT2D eigenvalue weighted by atomic mass is 10.0. The highest BCUT2D eigenvalue weighted by Crippen LogP contribution is 2.34. The molecule has 1 atom stereocenters. The van der Waals surface area contributed by atoms with Gasteiger partial charge in [-0.2, -0.15) is 0 Å². The van der Waals surface area contributed by atoms with Gasteiger partial charge in [0.1, 0.15) is 0 Å². The lowest BCUT2D eigenvalue weighted by Gasteiger charge is -2.30. The largest absolute Gasteiger partial charge is 0.321 e. The lowest BCUT2D eigenvalue weighted by molar-refractivity contribution is 0.159. The first-order valence-corrected chi connectivity index (χ1v) is 13.1. The predicted molar refractivity (Wildman–Crippen MR) is 136 cm³/mol. The number of benzene rings is 1. The van der Waals surface area contributed by atoms with Crippen LogP contribution in [0.4, 0.5) is 0 Å². The van der Waals surface area contributed by atoms with Crippen molar-refractivity contribution in [2.75, 3.05) is 0 Å². The summed E-state index contributed by atoms with van der Waals surface area (Å²) in [5.41, 5.74) is 3.97. The van der Waals surface area contributed by atoms with Gasteiger partial charge >= 0.3 is 0 Å². The summed E-state index contributed by atoms with van der Waals surface area (Å²) < 4.78 is 2.05. The van der Waals surface area contributed by atoms with Crippen molar-refractivity contribution < 1.29 is 0 Å². The third kappa shape index (κ3) is 4.44. The summed E-state index contributed by atoms with van der Waals surface area (Å²) in [4.78, 5) is 20.0. The summed E-state index contributed by atoms with van der Waals surface area (Å²) >= 11 is 1.74. The quantitative estimate of drug-likeness (QED) is 0.365. The van der Waals surface area contributed by atoms with Crippen LogP contribution in [0.25, 0.3) is 10.9 Å². The minimum atomic E-state index is -0.0254. The second-order valence-electron chi connectivity index (χ2n) is 9.42. The molecule has 1 aliphatic carbocycles. The fourth-order valence-corrected chi connectivity index (χ4v) is 5.95. The van der Waals surface area contributed by atoms with Crippen molar-refractivity contribution in [1.29, 1.82) is 0 Å². The van der Waals surface area contributed by atoms with E-state index in [-0.39, 0.29) is 11.6 Å². The molecule has 5 rings (SSSR count). The van der Waals surface area contributed by atoms with Gasteiger partial charge in [-0.3, -0.25) is 9.69 Å². The molecule has 1 aliphatic rings. The van der Waals surface area contributed by atoms with E-state index in [2.05, 4.69) is 86.6 Å². The standard InChI is InChI=1S/C26H32N6OS/c1-4-23(25-28-29-30-32(25)21-8-5-6-9-21)31(16-22-10-7-13-34-22)15-20-14-19-12-11-17(2)18(3)24(19)27-26(20)33/h7,10-14,21,23H,4-6,8-9,15-16H2,1-3H3,(H,27,33). The molecule has 34 heavy (non-hydrogen) atoms. The van der Waals surface area contributed by atoms with E-state index in [1.54, 1.807) is 11.3 Å². The molecular weight excluding hydrogens is 444 g/mol. The van der Waals surface area contributed by atoms with Crippen molar-refractivity contribution in [1.82, 2.24) is 30.1 Å². The van der Waals surface area contributed by atoms with E-state index in [1.165, 1.54) is 23.3 Å². The first kappa shape index (κ1) is 22.9. The van der Waals surface area contributed by atoms with Crippen LogP contribution in [0.1, 0.15) is 78.5 Å². The van der Waals surface area contributed by atoms with Gasteiger partial charge in [0.05, 0.1) is 17.6 Å². The molecule has 0 aliphatic heterocycles. The molecule has 1 fully saturated rings. The summed E-state index contributed by atoms with van der Waals surface area (Å²) in [7, 11) is 0. The summed E-state index contributed by atoms with van der Waals surface area (Å²) in [5.74, 6) is 0.912. The number of thiophene rings is 1. The Morgan fingerprint density at radius 3 is 2.76 bits per heavy atom. The average Bonchev–Trinajstić information content (AvgIpc) is 3.60. The number of hydrogen-bond acceptors (Lipinski definition) is 6. The minimum Gasteiger partial charge on any atom is -0.321 e. The molecule has 7 nitrogen and oxygen atoms in total. The number of pyridine rings is 1. The molecule has 0 radical (unpaired) electrons. The molecule has 4 aromatic rings. The number of H-pyrrole nitrogens is 1. The Morgan fingerprint density at radius 1 is 1.21 bits per heavy atom. The average molecular weight is 477 g/mol. The molecule has 0 amide bonds. The maximum absolute atomic E-state index is 13.2. The Morgan fingerprint density at radius 2 is 2.03 bits per heavy atom. The zero-order valence-corrected chi connectivity index (χ0v) is 20.9. The third-order valence-electron chi connectivity index (χ3n) is 7.25. The maximum Gasteiger partial charge on any atom is 0.252 e. The van der Waals surface area contributed by atoms with Crippen LogP contribution in [0.15, 0.2) is 40.5 Å². The van der Waals surface area contributed by atoms with E-state index in [0.717, 1.165) is 53.7 Å². The number of aryl methyl sites for hydroxylation is 2. The summed E-state index contributed by atoms with van der Waals surface area (Å²) in [5, 5.41) is 16.1. The highest BCUT2D eigenvalue weighted by atomic mass is 32.1. The van der Waals surface area contributed by atoms with E-state index in [1.807, 2.05) is 0 Å². The molecule has 178 valence electrons. The monoisotopic (exact) mass is 476 g/mol. The Bertz CT molecular complexity index is 1320. The lowest BCUT2D eigenvalue weighted by Crippen LogP contribution is -2.32. The van der Waals surface area contributed by atoms with E-state index in [9.17, 15) is 4.79 Å². The number of rotatable bonds is 8. The van der Waals surface area contributed by atoms with Crippen molar-refractivity contribution in [2.45, 2.75) is 78.0 Å². The van der Waals surface area contributed by atoms with Crippen LogP contribution in [-0.2, 0) is 13.1 Å². The second-order valence-corrected chi connectivity index (χ2v) is 10.5. The molecular formula is C26H32N6OS. The van der Waals surface area contributed by atoms with Gasteiger partial charge in [-0.15, -0.1) is 16.4 Å². The molecule has 0 saturated heterocycles.